The van der Waals surface area contributed by atoms with E-state index in [0.717, 1.165) is 0 Å². The van der Waals surface area contributed by atoms with Crippen LogP contribution in [-0.2, 0) is 14.0 Å². The van der Waals surface area contributed by atoms with Crippen molar-refractivity contribution in [1.29, 1.82) is 0 Å². The van der Waals surface area contributed by atoms with Gasteiger partial charge in [-0.2, -0.15) is 4.39 Å². The maximum Gasteiger partial charge on any atom is 0.492 e. The van der Waals surface area contributed by atoms with Gasteiger partial charge in [-0.05, 0) is 60.0 Å². The second-order valence-electron chi connectivity index (χ2n) is 8.70. The summed E-state index contributed by atoms with van der Waals surface area (Å²) in [5.41, 5.74) is -1.14. The zero-order valence-electron chi connectivity index (χ0n) is 17.4. The molecule has 1 amide bonds. The molecule has 0 bridgehead atoms. The van der Waals surface area contributed by atoms with E-state index in [-0.39, 0.29) is 12.1 Å². The zero-order chi connectivity index (χ0) is 21.3. The minimum absolute atomic E-state index is 0.0394. The maximum atomic E-state index is 14.1. The van der Waals surface area contributed by atoms with Crippen LogP contribution >= 0.6 is 11.6 Å². The highest BCUT2D eigenvalue weighted by Gasteiger charge is 2.52. The molecule has 0 radical (unpaired) electrons. The SMILES string of the molecule is CC(C)(C)OC(=O)NCC(=Cc1cc(Cl)cnc1F)B1OC(C)(C)C(C)(C)O1. The van der Waals surface area contributed by atoms with E-state index < -0.39 is 36.0 Å². The summed E-state index contributed by atoms with van der Waals surface area (Å²) in [6.07, 6.45) is 2.15. The van der Waals surface area contributed by atoms with Gasteiger partial charge in [0.15, 0.2) is 0 Å². The standard InChI is InChI=1S/C19H27BClFN2O4/c1-17(2,3)26-16(25)24-10-13(8-12-9-14(21)11-23-15(12)22)20-27-18(4,5)19(6,7)28-20/h8-9,11H,10H2,1-7H3,(H,24,25). The summed E-state index contributed by atoms with van der Waals surface area (Å²) >= 11 is 5.94. The lowest BCUT2D eigenvalue weighted by molar-refractivity contribution is 0.00578. The number of rotatable bonds is 4. The molecule has 0 aliphatic carbocycles. The number of alkyl carbamates (subject to hydrolysis) is 1. The first-order valence-corrected chi connectivity index (χ1v) is 9.42. The highest BCUT2D eigenvalue weighted by molar-refractivity contribution is 6.56. The molecule has 28 heavy (non-hydrogen) atoms. The molecule has 1 aromatic rings. The predicted octanol–water partition coefficient (Wildman–Crippen LogP) is 4.41. The average molecular weight is 413 g/mol. The monoisotopic (exact) mass is 412 g/mol. The molecule has 1 aliphatic heterocycles. The molecule has 6 nitrogen and oxygen atoms in total. The van der Waals surface area contributed by atoms with Gasteiger partial charge in [-0.15, -0.1) is 0 Å². The molecule has 154 valence electrons. The Kier molecular flexibility index (Phi) is 6.48. The molecule has 1 N–H and O–H groups in total. The summed E-state index contributed by atoms with van der Waals surface area (Å²) < 4.78 is 31.5. The first-order chi connectivity index (χ1) is 12.7. The number of pyridine rings is 1. The summed E-state index contributed by atoms with van der Waals surface area (Å²) in [6.45, 7) is 13.0. The molecule has 1 saturated heterocycles. The van der Waals surface area contributed by atoms with E-state index in [9.17, 15) is 9.18 Å². The van der Waals surface area contributed by atoms with Crippen molar-refractivity contribution >= 4 is 30.9 Å². The van der Waals surface area contributed by atoms with E-state index in [1.165, 1.54) is 18.3 Å². The summed E-state index contributed by atoms with van der Waals surface area (Å²) in [6, 6.07) is 1.45. The van der Waals surface area contributed by atoms with Crippen molar-refractivity contribution in [3.63, 3.8) is 0 Å². The predicted molar refractivity (Wildman–Crippen MR) is 108 cm³/mol. The van der Waals surface area contributed by atoms with Crippen molar-refractivity contribution in [2.24, 2.45) is 0 Å². The molecule has 0 unspecified atom stereocenters. The van der Waals surface area contributed by atoms with Gasteiger partial charge in [-0.25, -0.2) is 9.78 Å². The van der Waals surface area contributed by atoms with Crippen LogP contribution in [0.5, 0.6) is 0 Å². The average Bonchev–Trinajstić information content (AvgIpc) is 2.73. The largest absolute Gasteiger partial charge is 0.492 e. The second-order valence-corrected chi connectivity index (χ2v) is 9.13. The lowest BCUT2D eigenvalue weighted by atomic mass is 9.77. The van der Waals surface area contributed by atoms with E-state index >= 15 is 0 Å². The normalized spacial score (nSPS) is 18.9. The van der Waals surface area contributed by atoms with Gasteiger partial charge in [-0.1, -0.05) is 17.7 Å². The Labute approximate surface area is 170 Å². The van der Waals surface area contributed by atoms with Crippen LogP contribution in [0.4, 0.5) is 9.18 Å². The number of ether oxygens (including phenoxy) is 1. The molecular weight excluding hydrogens is 385 g/mol. The van der Waals surface area contributed by atoms with E-state index in [1.54, 1.807) is 20.8 Å². The third-order valence-corrected chi connectivity index (χ3v) is 4.77. The number of nitrogens with one attached hydrogen (secondary N) is 1. The van der Waals surface area contributed by atoms with Crippen LogP contribution in [-0.4, -0.2) is 41.5 Å². The molecule has 0 spiro atoms. The second kappa shape index (κ2) is 8.01. The highest BCUT2D eigenvalue weighted by Crippen LogP contribution is 2.38. The maximum absolute atomic E-state index is 14.1. The van der Waals surface area contributed by atoms with Gasteiger partial charge in [0.1, 0.15) is 5.60 Å². The van der Waals surface area contributed by atoms with Crippen molar-refractivity contribution in [2.75, 3.05) is 6.54 Å². The van der Waals surface area contributed by atoms with Gasteiger partial charge in [0.25, 0.3) is 0 Å². The summed E-state index contributed by atoms with van der Waals surface area (Å²) in [5, 5.41) is 2.95. The Morgan fingerprint density at radius 1 is 1.32 bits per heavy atom. The number of carbonyl (C=O) groups excluding carboxylic acids is 1. The van der Waals surface area contributed by atoms with Gasteiger partial charge < -0.3 is 19.4 Å². The number of hydrogen-bond acceptors (Lipinski definition) is 5. The van der Waals surface area contributed by atoms with Crippen molar-refractivity contribution < 1.29 is 23.2 Å². The molecule has 2 rings (SSSR count). The minimum atomic E-state index is -0.779. The van der Waals surface area contributed by atoms with Crippen LogP contribution in [0.25, 0.3) is 6.08 Å². The fourth-order valence-electron chi connectivity index (χ4n) is 2.42. The Morgan fingerprint density at radius 2 is 1.89 bits per heavy atom. The zero-order valence-corrected chi connectivity index (χ0v) is 18.1. The lowest BCUT2D eigenvalue weighted by Crippen LogP contribution is -2.41. The molecule has 1 aliphatic rings. The van der Waals surface area contributed by atoms with Gasteiger partial charge >= 0.3 is 13.2 Å². The highest BCUT2D eigenvalue weighted by atomic mass is 35.5. The number of carbonyl (C=O) groups is 1. The molecule has 0 aromatic carbocycles. The summed E-state index contributed by atoms with van der Waals surface area (Å²) in [7, 11) is -0.779. The Balaban J connectivity index is 2.30. The number of nitrogens with zero attached hydrogens (tertiary/aromatic N) is 1. The van der Waals surface area contributed by atoms with Crippen LogP contribution in [0, 0.1) is 5.95 Å². The molecule has 9 heteroatoms. The van der Waals surface area contributed by atoms with Crippen LogP contribution in [0.3, 0.4) is 0 Å². The van der Waals surface area contributed by atoms with E-state index in [1.807, 2.05) is 27.7 Å². The Morgan fingerprint density at radius 3 is 2.43 bits per heavy atom. The molecular formula is C19H27BClFN2O4. The van der Waals surface area contributed by atoms with Crippen molar-refractivity contribution in [2.45, 2.75) is 65.3 Å². The number of hydrogen-bond donors (Lipinski definition) is 1. The number of halogens is 2. The van der Waals surface area contributed by atoms with Crippen LogP contribution < -0.4 is 5.32 Å². The van der Waals surface area contributed by atoms with Crippen LogP contribution in [0.1, 0.15) is 54.0 Å². The number of aromatic nitrogens is 1. The number of amides is 1. The topological polar surface area (TPSA) is 69.7 Å². The minimum Gasteiger partial charge on any atom is -0.444 e. The Hall–Kier alpha value is -1.64. The molecule has 2 heterocycles. The summed E-state index contributed by atoms with van der Waals surface area (Å²) in [5.74, 6) is -0.685. The van der Waals surface area contributed by atoms with Crippen molar-refractivity contribution in [3.05, 3.63) is 34.3 Å². The fraction of sp³-hybridized carbons (Fsp3) is 0.579. The van der Waals surface area contributed by atoms with Gasteiger partial charge in [0.05, 0.1) is 16.2 Å². The van der Waals surface area contributed by atoms with Crippen LogP contribution in [0.2, 0.25) is 5.02 Å². The molecule has 1 fully saturated rings. The van der Waals surface area contributed by atoms with Crippen LogP contribution in [0.15, 0.2) is 17.7 Å². The van der Waals surface area contributed by atoms with Gasteiger partial charge in [-0.3, -0.25) is 0 Å². The molecule has 0 atom stereocenters. The van der Waals surface area contributed by atoms with Gasteiger partial charge in [0.2, 0.25) is 5.95 Å². The first kappa shape index (κ1) is 22.7. The molecule has 1 aromatic heterocycles. The summed E-state index contributed by atoms with van der Waals surface area (Å²) in [4.78, 5) is 15.7. The Bertz CT molecular complexity index is 762. The fourth-order valence-corrected chi connectivity index (χ4v) is 2.59. The van der Waals surface area contributed by atoms with E-state index in [2.05, 4.69) is 10.3 Å². The quantitative estimate of drug-likeness (QED) is 0.586. The third kappa shape index (κ3) is 5.69. The van der Waals surface area contributed by atoms with E-state index in [0.29, 0.717) is 10.5 Å². The smallest absolute Gasteiger partial charge is 0.444 e. The van der Waals surface area contributed by atoms with Crippen molar-refractivity contribution in [3.8, 4) is 0 Å². The lowest BCUT2D eigenvalue weighted by Gasteiger charge is -2.32. The molecule has 0 saturated carbocycles. The third-order valence-electron chi connectivity index (χ3n) is 4.57. The van der Waals surface area contributed by atoms with Gasteiger partial charge in [0, 0.05) is 18.3 Å². The van der Waals surface area contributed by atoms with Crippen molar-refractivity contribution in [1.82, 2.24) is 10.3 Å². The first-order valence-electron chi connectivity index (χ1n) is 9.04. The van der Waals surface area contributed by atoms with E-state index in [4.69, 9.17) is 25.6 Å².